The third-order valence-corrected chi connectivity index (χ3v) is 4.35. The smallest absolute Gasteiger partial charge is 0.414 e. The zero-order valence-corrected chi connectivity index (χ0v) is 16.5. The highest BCUT2D eigenvalue weighted by molar-refractivity contribution is 6.24. The molecule has 0 aliphatic rings. The summed E-state index contributed by atoms with van der Waals surface area (Å²) in [6.07, 6.45) is -0.595. The van der Waals surface area contributed by atoms with Crippen molar-refractivity contribution in [1.82, 2.24) is 4.90 Å². The lowest BCUT2D eigenvalue weighted by molar-refractivity contribution is 0.0728. The van der Waals surface area contributed by atoms with Crippen molar-refractivity contribution < 1.29 is 19.1 Å². The van der Waals surface area contributed by atoms with Crippen molar-refractivity contribution >= 4 is 23.7 Å². The molecule has 2 rings (SSSR count). The van der Waals surface area contributed by atoms with Crippen molar-refractivity contribution in [3.05, 3.63) is 59.2 Å². The molecule has 2 aromatic rings. The van der Waals surface area contributed by atoms with Crippen LogP contribution in [0.4, 0.5) is 4.79 Å². The SMILES string of the molecule is Cc1ccc(C(=O)Oc2cc(C(C)(Cl)CN)ccc2OC(=O)N(C)C)cc1. The van der Waals surface area contributed by atoms with E-state index in [2.05, 4.69) is 0 Å². The molecule has 0 aliphatic heterocycles. The topological polar surface area (TPSA) is 81.9 Å². The van der Waals surface area contributed by atoms with E-state index in [4.69, 9.17) is 26.8 Å². The van der Waals surface area contributed by atoms with E-state index in [1.165, 1.54) is 11.0 Å². The van der Waals surface area contributed by atoms with Gasteiger partial charge in [0.2, 0.25) is 0 Å². The lowest BCUT2D eigenvalue weighted by Gasteiger charge is -2.22. The first-order valence-electron chi connectivity index (χ1n) is 8.35. The maximum atomic E-state index is 12.5. The maximum absolute atomic E-state index is 12.5. The molecule has 27 heavy (non-hydrogen) atoms. The summed E-state index contributed by atoms with van der Waals surface area (Å²) in [5.41, 5.74) is 7.76. The third-order valence-electron chi connectivity index (χ3n) is 3.98. The number of amides is 1. The van der Waals surface area contributed by atoms with Crippen LogP contribution in [0.5, 0.6) is 11.5 Å². The Morgan fingerprint density at radius 3 is 2.26 bits per heavy atom. The minimum absolute atomic E-state index is 0.0913. The molecule has 1 unspecified atom stereocenters. The number of hydrogen-bond donors (Lipinski definition) is 1. The normalized spacial score (nSPS) is 12.8. The van der Waals surface area contributed by atoms with Crippen LogP contribution in [0.1, 0.15) is 28.4 Å². The molecule has 0 bridgehead atoms. The summed E-state index contributed by atoms with van der Waals surface area (Å²) in [6, 6.07) is 11.7. The van der Waals surface area contributed by atoms with Gasteiger partial charge in [0, 0.05) is 20.6 Å². The van der Waals surface area contributed by atoms with Crippen LogP contribution >= 0.6 is 11.6 Å². The summed E-state index contributed by atoms with van der Waals surface area (Å²) in [5.74, 6) is -0.366. The molecule has 2 N–H and O–H groups in total. The van der Waals surface area contributed by atoms with E-state index in [-0.39, 0.29) is 18.0 Å². The second-order valence-corrected chi connectivity index (χ2v) is 7.42. The van der Waals surface area contributed by atoms with Gasteiger partial charge in [0.25, 0.3) is 0 Å². The van der Waals surface area contributed by atoms with E-state index in [1.54, 1.807) is 45.3 Å². The Kier molecular flexibility index (Phi) is 6.46. The van der Waals surface area contributed by atoms with Crippen LogP contribution in [0, 0.1) is 6.92 Å². The van der Waals surface area contributed by atoms with Crippen LogP contribution in [-0.2, 0) is 4.87 Å². The molecule has 0 saturated heterocycles. The molecule has 0 spiro atoms. The number of hydrogen-bond acceptors (Lipinski definition) is 5. The fraction of sp³-hybridized carbons (Fsp3) is 0.300. The lowest BCUT2D eigenvalue weighted by Crippen LogP contribution is -2.27. The summed E-state index contributed by atoms with van der Waals surface area (Å²) < 4.78 is 10.8. The van der Waals surface area contributed by atoms with Gasteiger partial charge >= 0.3 is 12.1 Å². The van der Waals surface area contributed by atoms with Gasteiger partial charge in [0.15, 0.2) is 11.5 Å². The van der Waals surface area contributed by atoms with Gasteiger partial charge in [0.1, 0.15) is 0 Å². The molecular formula is C20H23ClN2O4. The molecule has 0 heterocycles. The quantitative estimate of drug-likeness (QED) is 0.478. The number of nitrogens with two attached hydrogens (primary N) is 1. The van der Waals surface area contributed by atoms with Gasteiger partial charge in [-0.3, -0.25) is 0 Å². The number of rotatable bonds is 5. The van der Waals surface area contributed by atoms with Gasteiger partial charge in [-0.1, -0.05) is 23.8 Å². The first-order valence-corrected chi connectivity index (χ1v) is 8.73. The number of ether oxygens (including phenoxy) is 2. The molecule has 1 amide bonds. The Morgan fingerprint density at radius 2 is 1.70 bits per heavy atom. The second-order valence-electron chi connectivity index (χ2n) is 6.58. The number of aryl methyl sites for hydroxylation is 1. The van der Waals surface area contributed by atoms with Crippen LogP contribution in [0.25, 0.3) is 0 Å². The van der Waals surface area contributed by atoms with Crippen LogP contribution in [0.3, 0.4) is 0 Å². The summed E-state index contributed by atoms with van der Waals surface area (Å²) in [5, 5.41) is 0. The molecule has 0 aliphatic carbocycles. The molecule has 1 atom stereocenters. The van der Waals surface area contributed by atoms with Gasteiger partial charge in [-0.25, -0.2) is 9.59 Å². The number of benzene rings is 2. The first-order chi connectivity index (χ1) is 12.6. The molecule has 0 fully saturated rings. The maximum Gasteiger partial charge on any atom is 0.414 e. The molecule has 2 aromatic carbocycles. The van der Waals surface area contributed by atoms with Crippen LogP contribution in [0.15, 0.2) is 42.5 Å². The molecule has 0 aromatic heterocycles. The van der Waals surface area contributed by atoms with Crippen molar-refractivity contribution in [3.63, 3.8) is 0 Å². The summed E-state index contributed by atoms with van der Waals surface area (Å²) in [7, 11) is 3.11. The Bertz CT molecular complexity index is 832. The summed E-state index contributed by atoms with van der Waals surface area (Å²) >= 11 is 6.42. The number of esters is 1. The highest BCUT2D eigenvalue weighted by atomic mass is 35.5. The van der Waals surface area contributed by atoms with E-state index >= 15 is 0 Å². The third kappa shape index (κ3) is 5.21. The number of carbonyl (C=O) groups excluding carboxylic acids is 2. The van der Waals surface area contributed by atoms with Crippen molar-refractivity contribution in [3.8, 4) is 11.5 Å². The minimum atomic E-state index is -0.852. The van der Waals surface area contributed by atoms with Crippen molar-refractivity contribution in [2.75, 3.05) is 20.6 Å². The molecule has 7 heteroatoms. The molecule has 144 valence electrons. The van der Waals surface area contributed by atoms with E-state index in [9.17, 15) is 9.59 Å². The average Bonchev–Trinajstić information content (AvgIpc) is 2.63. The number of halogens is 1. The average molecular weight is 391 g/mol. The van der Waals surface area contributed by atoms with Gasteiger partial charge in [-0.05, 0) is 43.7 Å². The molecule has 0 radical (unpaired) electrons. The minimum Gasteiger partial charge on any atom is -0.419 e. The largest absolute Gasteiger partial charge is 0.419 e. The van der Waals surface area contributed by atoms with Crippen LogP contribution in [0.2, 0.25) is 0 Å². The van der Waals surface area contributed by atoms with E-state index in [0.717, 1.165) is 5.56 Å². The number of alkyl halides is 1. The van der Waals surface area contributed by atoms with Gasteiger partial charge in [-0.15, -0.1) is 11.6 Å². The number of nitrogens with zero attached hydrogens (tertiary/aromatic N) is 1. The predicted octanol–water partition coefficient (Wildman–Crippen LogP) is 3.69. The van der Waals surface area contributed by atoms with E-state index in [0.29, 0.717) is 11.1 Å². The highest BCUT2D eigenvalue weighted by Gasteiger charge is 2.25. The van der Waals surface area contributed by atoms with Crippen LogP contribution in [-0.4, -0.2) is 37.6 Å². The van der Waals surface area contributed by atoms with Gasteiger partial charge in [0.05, 0.1) is 10.4 Å². The Hall–Kier alpha value is -2.57. The Labute approximate surface area is 163 Å². The Morgan fingerprint density at radius 1 is 1.07 bits per heavy atom. The van der Waals surface area contributed by atoms with Crippen molar-refractivity contribution in [1.29, 1.82) is 0 Å². The molecule has 0 saturated carbocycles. The fourth-order valence-electron chi connectivity index (χ4n) is 2.15. The van der Waals surface area contributed by atoms with Crippen molar-refractivity contribution in [2.45, 2.75) is 18.7 Å². The Balaban J connectivity index is 2.39. The number of carbonyl (C=O) groups is 2. The standard InChI is InChI=1S/C20H23ClN2O4/c1-13-5-7-14(8-6-13)18(24)26-17-11-15(20(2,21)12-22)9-10-16(17)27-19(25)23(3)4/h5-11H,12,22H2,1-4H3. The molecular weight excluding hydrogens is 368 g/mol. The predicted molar refractivity (Wildman–Crippen MR) is 105 cm³/mol. The van der Waals surface area contributed by atoms with Crippen molar-refractivity contribution in [2.24, 2.45) is 5.73 Å². The monoisotopic (exact) mass is 390 g/mol. The molecule has 6 nitrogen and oxygen atoms in total. The highest BCUT2D eigenvalue weighted by Crippen LogP contribution is 2.36. The summed E-state index contributed by atoms with van der Waals surface area (Å²) in [4.78, 5) is 24.8. The summed E-state index contributed by atoms with van der Waals surface area (Å²) in [6.45, 7) is 3.85. The lowest BCUT2D eigenvalue weighted by atomic mass is 10.00. The van der Waals surface area contributed by atoms with Crippen LogP contribution < -0.4 is 15.2 Å². The zero-order chi connectivity index (χ0) is 20.2. The van der Waals surface area contributed by atoms with E-state index in [1.807, 2.05) is 19.1 Å². The first kappa shape index (κ1) is 20.7. The van der Waals surface area contributed by atoms with E-state index < -0.39 is 16.9 Å². The fourth-order valence-corrected chi connectivity index (χ4v) is 2.27. The van der Waals surface area contributed by atoms with Gasteiger partial charge < -0.3 is 20.1 Å². The second kappa shape index (κ2) is 8.41. The zero-order valence-electron chi connectivity index (χ0n) is 15.8. The van der Waals surface area contributed by atoms with Gasteiger partial charge in [-0.2, -0.15) is 0 Å².